The van der Waals surface area contributed by atoms with Crippen LogP contribution in [0, 0.1) is 40.0 Å². The molecule has 3 aliphatic rings. The van der Waals surface area contributed by atoms with E-state index in [1.807, 2.05) is 0 Å². The Labute approximate surface area is 175 Å². The van der Waals surface area contributed by atoms with Crippen molar-refractivity contribution >= 4 is 8.24 Å². The number of nitrogens with zero attached hydrogens (tertiary/aromatic N) is 1. The number of hydrogen-bond donors (Lipinski definition) is 0. The molecule has 0 aromatic carbocycles. The minimum atomic E-state index is -1.57. The van der Waals surface area contributed by atoms with Crippen molar-refractivity contribution in [1.82, 2.24) is 0 Å². The maximum absolute atomic E-state index is 5.34. The van der Waals surface area contributed by atoms with Gasteiger partial charge in [0.2, 0.25) is 0 Å². The van der Waals surface area contributed by atoms with Gasteiger partial charge in [0.05, 0.1) is 0 Å². The normalized spacial score (nSPS) is 30.3. The molecule has 1 nitrogen and oxygen atoms in total. The Balaban J connectivity index is 0. The Morgan fingerprint density at radius 3 is 2.04 bits per heavy atom. The Bertz CT molecular complexity index is 487. The van der Waals surface area contributed by atoms with E-state index in [0.29, 0.717) is 0 Å². The van der Waals surface area contributed by atoms with Crippen molar-refractivity contribution in [1.29, 1.82) is 0 Å². The van der Waals surface area contributed by atoms with Crippen molar-refractivity contribution in [3.63, 3.8) is 0 Å². The van der Waals surface area contributed by atoms with Gasteiger partial charge in [0.25, 0.3) is 0 Å². The second kappa shape index (κ2) is 9.53. The molecule has 0 bridgehead atoms. The van der Waals surface area contributed by atoms with Crippen LogP contribution in [-0.4, -0.2) is 13.8 Å². The smallest absolute Gasteiger partial charge is 0.660 e. The first-order valence-electron chi connectivity index (χ1n) is 8.83. The first-order valence-corrected chi connectivity index (χ1v) is 11.9. The molecule has 4 atom stereocenters. The molecule has 142 valence electrons. The van der Waals surface area contributed by atoms with E-state index in [9.17, 15) is 0 Å². The molecule has 0 saturated heterocycles. The predicted octanol–water partition coefficient (Wildman–Crippen LogP) is 7.40. The van der Waals surface area contributed by atoms with Crippen LogP contribution < -0.4 is 0 Å². The van der Waals surface area contributed by atoms with Gasteiger partial charge in [-0.05, 0) is 54.6 Å². The van der Waals surface area contributed by atoms with Crippen LogP contribution in [0.3, 0.4) is 0 Å². The van der Waals surface area contributed by atoms with Crippen molar-refractivity contribution in [2.75, 3.05) is 0 Å². The van der Waals surface area contributed by atoms with Crippen molar-refractivity contribution < 1.29 is 21.7 Å². The maximum Gasteiger partial charge on any atom is 4.00 e. The third-order valence-electron chi connectivity index (χ3n) is 5.72. The quantitative estimate of drug-likeness (QED) is 0.341. The molecule has 3 aliphatic carbocycles. The molecule has 0 radical (unpaired) electrons. The zero-order valence-electron chi connectivity index (χ0n) is 18.2. The molecule has 0 N–H and O–H groups in total. The number of allylic oxidation sites excluding steroid dienone is 4. The fraction of sp³-hybridized carbons (Fsp3) is 0.682. The van der Waals surface area contributed by atoms with E-state index < -0.39 is 8.24 Å². The Morgan fingerprint density at radius 1 is 1.00 bits per heavy atom. The van der Waals surface area contributed by atoms with Crippen LogP contribution >= 0.6 is 0 Å². The summed E-state index contributed by atoms with van der Waals surface area (Å²) in [6.07, 6.45) is 10.8. The van der Waals surface area contributed by atoms with Gasteiger partial charge in [0.1, 0.15) is 0 Å². The molecule has 0 heterocycles. The molecular formula is C22H41NSiTi. The van der Waals surface area contributed by atoms with Gasteiger partial charge in [-0.25, -0.2) is 0 Å². The molecule has 2 saturated carbocycles. The molecule has 3 heteroatoms. The standard InChI is InChI=1S/C19H32NSi.3CH3.Ti/c1-13-10-16-11-14-8-7-9-15(14)12-17(16)18(13)21(5,6)20-19(2,3)4;;;;/h11-13,16-18H,7-10H2,1-6H3;3*1H3;/q4*-1;+4/t13-,16?,17?,18?;;;;/m1..../s1. The van der Waals surface area contributed by atoms with Gasteiger partial charge in [-0.1, -0.05) is 66.7 Å². The van der Waals surface area contributed by atoms with Gasteiger partial charge >= 0.3 is 21.7 Å². The van der Waals surface area contributed by atoms with Crippen LogP contribution in [0.1, 0.15) is 53.4 Å². The molecular weight excluding hydrogens is 354 g/mol. The molecule has 25 heavy (non-hydrogen) atoms. The number of hydrogen-bond acceptors (Lipinski definition) is 0. The third kappa shape index (κ3) is 5.67. The average molecular weight is 396 g/mol. The van der Waals surface area contributed by atoms with Crippen molar-refractivity contribution in [2.24, 2.45) is 17.8 Å². The summed E-state index contributed by atoms with van der Waals surface area (Å²) in [6.45, 7) is 14.3. The monoisotopic (exact) mass is 395 g/mol. The van der Waals surface area contributed by atoms with Crippen molar-refractivity contribution in [3.8, 4) is 0 Å². The van der Waals surface area contributed by atoms with E-state index >= 15 is 0 Å². The third-order valence-corrected chi connectivity index (χ3v) is 9.55. The van der Waals surface area contributed by atoms with Gasteiger partial charge in [-0.2, -0.15) is 0 Å². The molecule has 0 spiro atoms. The minimum Gasteiger partial charge on any atom is -0.660 e. The summed E-state index contributed by atoms with van der Waals surface area (Å²) in [4.78, 5) is 5.34. The van der Waals surface area contributed by atoms with E-state index in [1.54, 1.807) is 11.1 Å². The first kappa shape index (κ1) is 27.6. The molecule has 0 aromatic rings. The zero-order valence-corrected chi connectivity index (χ0v) is 20.8. The SMILES string of the molecule is C[C@@H]1CC2C=C3CCCC3=CC2C1[Si](C)(C)[N-]C(C)(C)C.[CH3-].[CH3-].[CH3-].[Ti+4]. The Morgan fingerprint density at radius 2 is 1.52 bits per heavy atom. The predicted molar refractivity (Wildman–Crippen MR) is 114 cm³/mol. The van der Waals surface area contributed by atoms with Crippen LogP contribution in [-0.2, 0) is 21.7 Å². The fourth-order valence-electron chi connectivity index (χ4n) is 5.55. The van der Waals surface area contributed by atoms with Gasteiger partial charge in [0, 0.05) is 0 Å². The minimum absolute atomic E-state index is 0. The zero-order chi connectivity index (χ0) is 15.4. The summed E-state index contributed by atoms with van der Waals surface area (Å²) in [5.74, 6) is 2.42. The van der Waals surface area contributed by atoms with Crippen LogP contribution in [0.25, 0.3) is 4.98 Å². The largest absolute Gasteiger partial charge is 4.00 e. The first-order chi connectivity index (χ1) is 9.67. The van der Waals surface area contributed by atoms with Crippen LogP contribution in [0.5, 0.6) is 0 Å². The summed E-state index contributed by atoms with van der Waals surface area (Å²) in [7, 11) is -1.57. The average Bonchev–Trinajstić information content (AvgIpc) is 2.83. The molecule has 2 fully saturated rings. The summed E-state index contributed by atoms with van der Waals surface area (Å²) < 4.78 is 0. The molecule has 0 amide bonds. The number of rotatable bonds is 2. The Kier molecular flexibility index (Phi) is 10.5. The van der Waals surface area contributed by atoms with Crippen LogP contribution in [0.4, 0.5) is 0 Å². The van der Waals surface area contributed by atoms with Gasteiger partial charge in [-0.3, -0.25) is 0 Å². The van der Waals surface area contributed by atoms with E-state index in [2.05, 4.69) is 52.9 Å². The molecule has 0 aromatic heterocycles. The van der Waals surface area contributed by atoms with E-state index in [4.69, 9.17) is 4.98 Å². The summed E-state index contributed by atoms with van der Waals surface area (Å²) in [6, 6.07) is 0. The fourth-order valence-corrected chi connectivity index (χ4v) is 10.2. The van der Waals surface area contributed by atoms with E-state index in [1.165, 1.54) is 25.7 Å². The summed E-state index contributed by atoms with van der Waals surface area (Å²) in [5.41, 5.74) is 4.32. The summed E-state index contributed by atoms with van der Waals surface area (Å²) >= 11 is 0. The summed E-state index contributed by atoms with van der Waals surface area (Å²) in [5, 5.41) is 0. The topological polar surface area (TPSA) is 14.1 Å². The van der Waals surface area contributed by atoms with Crippen molar-refractivity contribution in [3.05, 3.63) is 50.6 Å². The molecule has 3 rings (SSSR count). The van der Waals surface area contributed by atoms with Gasteiger partial charge < -0.3 is 27.3 Å². The van der Waals surface area contributed by atoms with Crippen molar-refractivity contribution in [2.45, 2.75) is 77.6 Å². The van der Waals surface area contributed by atoms with Gasteiger partial charge in [0.15, 0.2) is 0 Å². The maximum atomic E-state index is 5.34. The van der Waals surface area contributed by atoms with Crippen LogP contribution in [0.2, 0.25) is 18.6 Å². The number of fused-ring (bicyclic) bond motifs is 2. The second-order valence-corrected chi connectivity index (χ2v) is 13.4. The van der Waals surface area contributed by atoms with Crippen LogP contribution in [0.15, 0.2) is 23.3 Å². The van der Waals surface area contributed by atoms with Gasteiger partial charge in [-0.15, -0.1) is 5.54 Å². The molecule has 3 unspecified atom stereocenters. The Hall–Kier alpha value is 0.371. The van der Waals surface area contributed by atoms with E-state index in [-0.39, 0.29) is 49.5 Å². The second-order valence-electron chi connectivity index (χ2n) is 9.15. The molecule has 0 aliphatic heterocycles. The van der Waals surface area contributed by atoms with E-state index in [0.717, 1.165) is 23.3 Å².